The van der Waals surface area contributed by atoms with Crippen LogP contribution in [0.4, 0.5) is 0 Å². The van der Waals surface area contributed by atoms with Crippen LogP contribution in [0.2, 0.25) is 5.02 Å². The van der Waals surface area contributed by atoms with Gasteiger partial charge in [-0.3, -0.25) is 4.79 Å². The molecular formula is C13H14BrClO2. The van der Waals surface area contributed by atoms with Crippen molar-refractivity contribution in [2.24, 2.45) is 0 Å². The number of hydrogen-bond donors (Lipinski definition) is 1. The second-order valence-electron chi connectivity index (χ2n) is 4.55. The number of halogens is 2. The first-order valence-electron chi connectivity index (χ1n) is 5.76. The molecule has 4 heteroatoms. The molecule has 2 rings (SSSR count). The zero-order chi connectivity index (χ0) is 12.5. The fourth-order valence-electron chi connectivity index (χ4n) is 2.63. The van der Waals surface area contributed by atoms with Crippen LogP contribution in [0.5, 0.6) is 0 Å². The summed E-state index contributed by atoms with van der Waals surface area (Å²) in [6.45, 7) is 0. The molecule has 1 aliphatic rings. The van der Waals surface area contributed by atoms with Gasteiger partial charge in [-0.25, -0.2) is 0 Å². The van der Waals surface area contributed by atoms with Crippen molar-refractivity contribution >= 4 is 33.5 Å². The second kappa shape index (κ2) is 4.99. The molecule has 1 fully saturated rings. The molecule has 1 N–H and O–H groups in total. The molecule has 0 unspecified atom stereocenters. The van der Waals surface area contributed by atoms with E-state index in [4.69, 9.17) is 11.6 Å². The SMILES string of the molecule is O=C(O)C1(c2cccc(Cl)c2Br)CCCCC1. The van der Waals surface area contributed by atoms with E-state index in [1.54, 1.807) is 6.07 Å². The highest BCUT2D eigenvalue weighted by atomic mass is 79.9. The zero-order valence-corrected chi connectivity index (χ0v) is 11.7. The molecule has 0 heterocycles. The molecule has 1 aromatic rings. The summed E-state index contributed by atoms with van der Waals surface area (Å²) in [5.41, 5.74) is 0.0549. The molecule has 2 nitrogen and oxygen atoms in total. The van der Waals surface area contributed by atoms with Gasteiger partial charge >= 0.3 is 5.97 Å². The molecular weight excluding hydrogens is 303 g/mol. The molecule has 0 spiro atoms. The third-order valence-electron chi connectivity index (χ3n) is 3.58. The van der Waals surface area contributed by atoms with E-state index in [9.17, 15) is 9.90 Å². The van der Waals surface area contributed by atoms with Crippen LogP contribution < -0.4 is 0 Å². The minimum atomic E-state index is -0.762. The van der Waals surface area contributed by atoms with E-state index in [0.29, 0.717) is 17.9 Å². The summed E-state index contributed by atoms with van der Waals surface area (Å²) in [7, 11) is 0. The average Bonchev–Trinajstić information content (AvgIpc) is 2.33. The summed E-state index contributed by atoms with van der Waals surface area (Å²) >= 11 is 9.48. The Kier molecular flexibility index (Phi) is 3.79. The van der Waals surface area contributed by atoms with Gasteiger partial charge in [0, 0.05) is 4.47 Å². The fourth-order valence-corrected chi connectivity index (χ4v) is 3.45. The van der Waals surface area contributed by atoms with Crippen molar-refractivity contribution in [1.29, 1.82) is 0 Å². The molecule has 0 bridgehead atoms. The standard InChI is InChI=1S/C13H14BrClO2/c14-11-9(5-4-6-10(11)15)13(12(16)17)7-2-1-3-8-13/h4-6H,1-3,7-8H2,(H,16,17). The van der Waals surface area contributed by atoms with E-state index in [-0.39, 0.29) is 0 Å². The van der Waals surface area contributed by atoms with Crippen LogP contribution in [0, 0.1) is 0 Å². The predicted molar refractivity (Wildman–Crippen MR) is 71.6 cm³/mol. The van der Waals surface area contributed by atoms with Gasteiger partial charge in [-0.15, -0.1) is 0 Å². The molecule has 1 aromatic carbocycles. The van der Waals surface area contributed by atoms with Crippen LogP contribution in [0.15, 0.2) is 22.7 Å². The van der Waals surface area contributed by atoms with Gasteiger partial charge in [0.2, 0.25) is 0 Å². The fraction of sp³-hybridized carbons (Fsp3) is 0.462. The highest BCUT2D eigenvalue weighted by Gasteiger charge is 2.42. The van der Waals surface area contributed by atoms with Gasteiger partial charge in [-0.2, -0.15) is 0 Å². The number of benzene rings is 1. The van der Waals surface area contributed by atoms with Gasteiger partial charge in [-0.05, 0) is 40.4 Å². The van der Waals surface area contributed by atoms with Crippen molar-refractivity contribution in [3.8, 4) is 0 Å². The van der Waals surface area contributed by atoms with Gasteiger partial charge in [-0.1, -0.05) is 43.0 Å². The summed E-state index contributed by atoms with van der Waals surface area (Å²) in [5, 5.41) is 10.2. The summed E-state index contributed by atoms with van der Waals surface area (Å²) in [4.78, 5) is 11.7. The van der Waals surface area contributed by atoms with E-state index >= 15 is 0 Å². The summed E-state index contributed by atoms with van der Waals surface area (Å²) in [5.74, 6) is -0.736. The first-order chi connectivity index (χ1) is 8.08. The molecule has 0 aliphatic heterocycles. The van der Waals surface area contributed by atoms with E-state index in [2.05, 4.69) is 15.9 Å². The lowest BCUT2D eigenvalue weighted by Crippen LogP contribution is -2.38. The molecule has 0 atom stereocenters. The minimum absolute atomic E-state index is 0.577. The normalized spacial score (nSPS) is 18.9. The maximum absolute atomic E-state index is 11.7. The van der Waals surface area contributed by atoms with Crippen molar-refractivity contribution in [3.05, 3.63) is 33.3 Å². The molecule has 1 saturated carbocycles. The lowest BCUT2D eigenvalue weighted by molar-refractivity contribution is -0.145. The Hall–Kier alpha value is -0.540. The van der Waals surface area contributed by atoms with Gasteiger partial charge in [0.25, 0.3) is 0 Å². The van der Waals surface area contributed by atoms with Gasteiger partial charge < -0.3 is 5.11 Å². The Bertz CT molecular complexity index is 439. The Morgan fingerprint density at radius 1 is 1.29 bits per heavy atom. The molecule has 0 radical (unpaired) electrons. The van der Waals surface area contributed by atoms with Crippen LogP contribution in [0.3, 0.4) is 0 Å². The van der Waals surface area contributed by atoms with E-state index < -0.39 is 11.4 Å². The number of aliphatic carboxylic acids is 1. The monoisotopic (exact) mass is 316 g/mol. The number of carboxylic acid groups (broad SMARTS) is 1. The van der Waals surface area contributed by atoms with Crippen molar-refractivity contribution in [2.75, 3.05) is 0 Å². The molecule has 17 heavy (non-hydrogen) atoms. The molecule has 0 amide bonds. The summed E-state index contributed by atoms with van der Waals surface area (Å²) in [6.07, 6.45) is 4.44. The lowest BCUT2D eigenvalue weighted by Gasteiger charge is -2.34. The van der Waals surface area contributed by atoms with Gasteiger partial charge in [0.1, 0.15) is 0 Å². The van der Waals surface area contributed by atoms with Gasteiger partial charge in [0.15, 0.2) is 0 Å². The highest BCUT2D eigenvalue weighted by Crippen LogP contribution is 2.44. The smallest absolute Gasteiger partial charge is 0.314 e. The Morgan fingerprint density at radius 3 is 2.53 bits per heavy atom. The highest BCUT2D eigenvalue weighted by molar-refractivity contribution is 9.10. The quantitative estimate of drug-likeness (QED) is 0.878. The number of rotatable bonds is 2. The van der Waals surface area contributed by atoms with Crippen LogP contribution in [-0.2, 0) is 10.2 Å². The number of carbonyl (C=O) groups is 1. The molecule has 92 valence electrons. The maximum atomic E-state index is 11.7. The second-order valence-corrected chi connectivity index (χ2v) is 5.75. The van der Waals surface area contributed by atoms with E-state index in [0.717, 1.165) is 29.3 Å². The maximum Gasteiger partial charge on any atom is 0.314 e. The van der Waals surface area contributed by atoms with Crippen molar-refractivity contribution in [3.63, 3.8) is 0 Å². The molecule has 0 aromatic heterocycles. The van der Waals surface area contributed by atoms with Crippen LogP contribution >= 0.6 is 27.5 Å². The topological polar surface area (TPSA) is 37.3 Å². The zero-order valence-electron chi connectivity index (χ0n) is 9.38. The third kappa shape index (κ3) is 2.23. The Balaban J connectivity index is 2.53. The Labute approximate surface area is 114 Å². The minimum Gasteiger partial charge on any atom is -0.481 e. The van der Waals surface area contributed by atoms with E-state index in [1.165, 1.54) is 0 Å². The number of carboxylic acids is 1. The summed E-state index contributed by atoms with van der Waals surface area (Å²) < 4.78 is 0.728. The average molecular weight is 318 g/mol. The third-order valence-corrected chi connectivity index (χ3v) is 4.98. The van der Waals surface area contributed by atoms with Crippen molar-refractivity contribution < 1.29 is 9.90 Å². The van der Waals surface area contributed by atoms with Crippen LogP contribution in [-0.4, -0.2) is 11.1 Å². The number of hydrogen-bond acceptors (Lipinski definition) is 1. The lowest BCUT2D eigenvalue weighted by atomic mass is 9.69. The molecule has 1 aliphatic carbocycles. The van der Waals surface area contributed by atoms with Crippen molar-refractivity contribution in [1.82, 2.24) is 0 Å². The van der Waals surface area contributed by atoms with Crippen molar-refractivity contribution in [2.45, 2.75) is 37.5 Å². The van der Waals surface area contributed by atoms with Crippen LogP contribution in [0.25, 0.3) is 0 Å². The van der Waals surface area contributed by atoms with Crippen LogP contribution in [0.1, 0.15) is 37.7 Å². The molecule has 0 saturated heterocycles. The van der Waals surface area contributed by atoms with Gasteiger partial charge in [0.05, 0.1) is 10.4 Å². The Morgan fingerprint density at radius 2 is 1.94 bits per heavy atom. The van der Waals surface area contributed by atoms with E-state index in [1.807, 2.05) is 12.1 Å². The largest absolute Gasteiger partial charge is 0.481 e. The summed E-state index contributed by atoms with van der Waals surface area (Å²) in [6, 6.07) is 5.46. The first kappa shape index (κ1) is 12.9. The first-order valence-corrected chi connectivity index (χ1v) is 6.93. The predicted octanol–water partition coefficient (Wildman–Crippen LogP) is 4.39.